The molecule has 0 aromatic rings. The van der Waals surface area contributed by atoms with Gasteiger partial charge < -0.3 is 9.80 Å². The SMILES string of the molecule is CCCCCCCCCN(CCCCCCCC)CC(=O)N(C)CCCN(C)C(=O)CC. The molecule has 190 valence electrons. The fraction of sp³-hybridized carbons (Fsp3) is 0.926. The molecular weight excluding hydrogens is 398 g/mol. The van der Waals surface area contributed by atoms with Gasteiger partial charge in [0.25, 0.3) is 0 Å². The van der Waals surface area contributed by atoms with E-state index in [9.17, 15) is 9.59 Å². The third kappa shape index (κ3) is 17.5. The Bertz CT molecular complexity index is 456. The number of likely N-dealkylation sites (N-methyl/N-ethyl adjacent to an activating group) is 1. The number of carbonyl (C=O) groups is 2. The molecule has 0 rings (SSSR count). The van der Waals surface area contributed by atoms with Crippen LogP contribution >= 0.6 is 0 Å². The van der Waals surface area contributed by atoms with Crippen LogP contribution in [-0.4, -0.2) is 73.3 Å². The van der Waals surface area contributed by atoms with E-state index in [1.54, 1.807) is 4.90 Å². The molecule has 0 radical (unpaired) electrons. The first-order valence-electron chi connectivity index (χ1n) is 13.7. The summed E-state index contributed by atoms with van der Waals surface area (Å²) in [6.07, 6.45) is 18.3. The second-order valence-electron chi connectivity index (χ2n) is 9.50. The largest absolute Gasteiger partial charge is 0.346 e. The van der Waals surface area contributed by atoms with Crippen molar-refractivity contribution in [2.75, 3.05) is 46.8 Å². The molecule has 0 saturated heterocycles. The average Bonchev–Trinajstić information content (AvgIpc) is 2.79. The van der Waals surface area contributed by atoms with Gasteiger partial charge in [-0.05, 0) is 32.4 Å². The summed E-state index contributed by atoms with van der Waals surface area (Å²) in [6.45, 7) is 10.4. The van der Waals surface area contributed by atoms with Gasteiger partial charge in [-0.3, -0.25) is 14.5 Å². The van der Waals surface area contributed by atoms with Crippen LogP contribution in [0.15, 0.2) is 0 Å². The molecule has 0 fully saturated rings. The number of hydrogen-bond acceptors (Lipinski definition) is 3. The predicted octanol–water partition coefficient (Wildman–Crippen LogP) is 6.12. The molecule has 0 aliphatic heterocycles. The van der Waals surface area contributed by atoms with E-state index < -0.39 is 0 Å². The minimum absolute atomic E-state index is 0.166. The standard InChI is InChI=1S/C27H55N3O2/c1-6-9-11-13-15-17-19-24-30(23-18-16-14-12-10-7-2)25-27(32)29(5)22-20-21-28(4)26(31)8-3/h6-25H2,1-5H3. The van der Waals surface area contributed by atoms with Crippen molar-refractivity contribution >= 4 is 11.8 Å². The first-order valence-corrected chi connectivity index (χ1v) is 13.7. The summed E-state index contributed by atoms with van der Waals surface area (Å²) in [5.74, 6) is 0.377. The number of amides is 2. The van der Waals surface area contributed by atoms with Crippen LogP contribution in [0.1, 0.15) is 117 Å². The number of unbranched alkanes of at least 4 members (excludes halogenated alkanes) is 11. The average molecular weight is 454 g/mol. The number of carbonyl (C=O) groups excluding carboxylic acids is 2. The Morgan fingerprint density at radius 2 is 0.906 bits per heavy atom. The zero-order valence-corrected chi connectivity index (χ0v) is 22.3. The maximum atomic E-state index is 12.8. The van der Waals surface area contributed by atoms with Gasteiger partial charge in [0.15, 0.2) is 0 Å². The van der Waals surface area contributed by atoms with Gasteiger partial charge in [-0.15, -0.1) is 0 Å². The fourth-order valence-corrected chi connectivity index (χ4v) is 4.05. The summed E-state index contributed by atoms with van der Waals surface area (Å²) < 4.78 is 0. The lowest BCUT2D eigenvalue weighted by Gasteiger charge is -2.26. The van der Waals surface area contributed by atoms with Gasteiger partial charge >= 0.3 is 0 Å². The smallest absolute Gasteiger partial charge is 0.236 e. The Morgan fingerprint density at radius 1 is 0.500 bits per heavy atom. The Kier molecular flexibility index (Phi) is 21.0. The van der Waals surface area contributed by atoms with Gasteiger partial charge in [-0.25, -0.2) is 0 Å². The first kappa shape index (κ1) is 30.9. The Balaban J connectivity index is 4.34. The van der Waals surface area contributed by atoms with Crippen LogP contribution in [0.3, 0.4) is 0 Å². The molecule has 0 aliphatic rings. The second-order valence-corrected chi connectivity index (χ2v) is 9.50. The first-order chi connectivity index (χ1) is 15.5. The molecule has 0 aliphatic carbocycles. The van der Waals surface area contributed by atoms with Crippen molar-refractivity contribution in [1.82, 2.24) is 14.7 Å². The summed E-state index contributed by atoms with van der Waals surface area (Å²) in [5, 5.41) is 0. The van der Waals surface area contributed by atoms with E-state index in [0.29, 0.717) is 26.1 Å². The number of rotatable bonds is 22. The van der Waals surface area contributed by atoms with Crippen molar-refractivity contribution in [1.29, 1.82) is 0 Å². The van der Waals surface area contributed by atoms with Gasteiger partial charge in [0.05, 0.1) is 6.54 Å². The van der Waals surface area contributed by atoms with Crippen LogP contribution in [0.4, 0.5) is 0 Å². The molecule has 0 saturated carbocycles. The molecule has 0 bridgehead atoms. The number of hydrogen-bond donors (Lipinski definition) is 0. The maximum Gasteiger partial charge on any atom is 0.236 e. The van der Waals surface area contributed by atoms with Crippen LogP contribution in [0.2, 0.25) is 0 Å². The van der Waals surface area contributed by atoms with E-state index in [1.807, 2.05) is 25.9 Å². The summed E-state index contributed by atoms with van der Waals surface area (Å²) in [4.78, 5) is 30.5. The van der Waals surface area contributed by atoms with Crippen molar-refractivity contribution in [3.8, 4) is 0 Å². The highest BCUT2D eigenvalue weighted by Gasteiger charge is 2.15. The lowest BCUT2D eigenvalue weighted by atomic mass is 10.1. The summed E-state index contributed by atoms with van der Waals surface area (Å²) >= 11 is 0. The van der Waals surface area contributed by atoms with E-state index in [1.165, 1.54) is 83.5 Å². The van der Waals surface area contributed by atoms with Crippen LogP contribution in [0, 0.1) is 0 Å². The fourth-order valence-electron chi connectivity index (χ4n) is 4.05. The van der Waals surface area contributed by atoms with Gasteiger partial charge in [0.2, 0.25) is 11.8 Å². The predicted molar refractivity (Wildman–Crippen MR) is 138 cm³/mol. The number of nitrogens with zero attached hydrogens (tertiary/aromatic N) is 3. The quantitative estimate of drug-likeness (QED) is 0.186. The molecule has 0 aromatic heterocycles. The molecule has 2 amide bonds. The lowest BCUT2D eigenvalue weighted by Crippen LogP contribution is -2.40. The summed E-state index contributed by atoms with van der Waals surface area (Å²) in [7, 11) is 3.75. The van der Waals surface area contributed by atoms with Crippen molar-refractivity contribution in [3.05, 3.63) is 0 Å². The van der Waals surface area contributed by atoms with Crippen molar-refractivity contribution in [2.24, 2.45) is 0 Å². The molecule has 32 heavy (non-hydrogen) atoms. The monoisotopic (exact) mass is 453 g/mol. The molecule has 0 heterocycles. The Morgan fingerprint density at radius 3 is 1.34 bits per heavy atom. The summed E-state index contributed by atoms with van der Waals surface area (Å²) in [6, 6.07) is 0. The molecule has 5 nitrogen and oxygen atoms in total. The third-order valence-corrected chi connectivity index (χ3v) is 6.41. The zero-order valence-electron chi connectivity index (χ0n) is 22.3. The van der Waals surface area contributed by atoms with E-state index >= 15 is 0 Å². The molecule has 0 unspecified atom stereocenters. The van der Waals surface area contributed by atoms with Crippen LogP contribution in [0.5, 0.6) is 0 Å². The zero-order chi connectivity index (χ0) is 24.0. The minimum atomic E-state index is 0.166. The Hall–Kier alpha value is -1.10. The van der Waals surface area contributed by atoms with Crippen LogP contribution < -0.4 is 0 Å². The van der Waals surface area contributed by atoms with E-state index in [2.05, 4.69) is 18.7 Å². The van der Waals surface area contributed by atoms with Gasteiger partial charge in [-0.1, -0.05) is 91.4 Å². The normalized spacial score (nSPS) is 11.2. The maximum absolute atomic E-state index is 12.8. The van der Waals surface area contributed by atoms with Crippen molar-refractivity contribution in [3.63, 3.8) is 0 Å². The highest BCUT2D eigenvalue weighted by Crippen LogP contribution is 2.10. The highest BCUT2D eigenvalue weighted by atomic mass is 16.2. The van der Waals surface area contributed by atoms with Gasteiger partial charge in [-0.2, -0.15) is 0 Å². The Labute approximate surface area is 200 Å². The van der Waals surface area contributed by atoms with Gasteiger partial charge in [0.1, 0.15) is 0 Å². The molecule has 0 aromatic carbocycles. The minimum Gasteiger partial charge on any atom is -0.346 e. The molecule has 0 N–H and O–H groups in total. The van der Waals surface area contributed by atoms with Crippen LogP contribution in [-0.2, 0) is 9.59 Å². The molecule has 0 atom stereocenters. The van der Waals surface area contributed by atoms with Gasteiger partial charge in [0, 0.05) is 33.6 Å². The lowest BCUT2D eigenvalue weighted by molar-refractivity contribution is -0.131. The van der Waals surface area contributed by atoms with E-state index in [0.717, 1.165) is 19.5 Å². The van der Waals surface area contributed by atoms with Crippen LogP contribution in [0.25, 0.3) is 0 Å². The molecular formula is C27H55N3O2. The third-order valence-electron chi connectivity index (χ3n) is 6.41. The van der Waals surface area contributed by atoms with Crippen molar-refractivity contribution < 1.29 is 9.59 Å². The van der Waals surface area contributed by atoms with Crippen molar-refractivity contribution in [2.45, 2.75) is 117 Å². The summed E-state index contributed by atoms with van der Waals surface area (Å²) in [5.41, 5.74) is 0. The molecule has 5 heteroatoms. The van der Waals surface area contributed by atoms with E-state index in [-0.39, 0.29) is 11.8 Å². The topological polar surface area (TPSA) is 43.9 Å². The van der Waals surface area contributed by atoms with E-state index in [4.69, 9.17) is 0 Å². The second kappa shape index (κ2) is 21.7. The molecule has 0 spiro atoms. The highest BCUT2D eigenvalue weighted by molar-refractivity contribution is 5.78.